The van der Waals surface area contributed by atoms with Crippen LogP contribution in [0.5, 0.6) is 0 Å². The van der Waals surface area contributed by atoms with Crippen LogP contribution >= 0.6 is 46.1 Å². The lowest BCUT2D eigenvalue weighted by atomic mass is 10.2. The lowest BCUT2D eigenvalue weighted by Crippen LogP contribution is -2.10. The third-order valence-electron chi connectivity index (χ3n) is 2.13. The largest absolute Gasteiger partial charge is 0.396 e. The number of nitrogens with two attached hydrogens (primary N) is 1. The summed E-state index contributed by atoms with van der Waals surface area (Å²) in [7, 11) is 0. The van der Waals surface area contributed by atoms with Crippen LogP contribution in [0.15, 0.2) is 24.3 Å². The van der Waals surface area contributed by atoms with Gasteiger partial charge in [0, 0.05) is 5.69 Å². The molecule has 18 heavy (non-hydrogen) atoms. The van der Waals surface area contributed by atoms with Gasteiger partial charge in [-0.3, -0.25) is 4.79 Å². The third-order valence-corrected chi connectivity index (χ3v) is 3.99. The van der Waals surface area contributed by atoms with Crippen LogP contribution in [0.3, 0.4) is 0 Å². The average Bonchev–Trinajstić information content (AvgIpc) is 2.72. The third kappa shape index (κ3) is 2.90. The van der Waals surface area contributed by atoms with E-state index in [9.17, 15) is 4.79 Å². The van der Waals surface area contributed by atoms with Crippen molar-refractivity contribution in [3.8, 4) is 0 Å². The molecule has 0 saturated heterocycles. The van der Waals surface area contributed by atoms with Gasteiger partial charge in [0.2, 0.25) is 0 Å². The van der Waals surface area contributed by atoms with Crippen molar-refractivity contribution < 1.29 is 4.79 Å². The van der Waals surface area contributed by atoms with E-state index in [1.807, 2.05) is 0 Å². The number of anilines is 2. The highest BCUT2D eigenvalue weighted by molar-refractivity contribution is 7.18. The van der Waals surface area contributed by atoms with E-state index < -0.39 is 0 Å². The molecule has 0 spiro atoms. The number of halogens is 3. The molecule has 0 atom stereocenters. The molecule has 2 rings (SSSR count). The first kappa shape index (κ1) is 13.5. The number of nitrogen functional groups attached to an aromatic ring is 1. The molecule has 0 saturated carbocycles. The maximum atomic E-state index is 11.9. The number of carbonyl (C=O) groups is 1. The maximum Gasteiger partial charge on any atom is 0.265 e. The molecule has 1 aromatic heterocycles. The van der Waals surface area contributed by atoms with Crippen LogP contribution in [-0.4, -0.2) is 5.91 Å². The van der Waals surface area contributed by atoms with E-state index in [0.29, 0.717) is 24.9 Å². The summed E-state index contributed by atoms with van der Waals surface area (Å²) in [6.45, 7) is 0. The number of hydrogen-bond acceptors (Lipinski definition) is 3. The number of amides is 1. The summed E-state index contributed by atoms with van der Waals surface area (Å²) in [5, 5.41) is 3.26. The Kier molecular flexibility index (Phi) is 4.02. The molecule has 0 radical (unpaired) electrons. The molecule has 0 aliphatic heterocycles. The number of hydrogen-bond donors (Lipinski definition) is 2. The molecule has 3 N–H and O–H groups in total. The fourth-order valence-corrected chi connectivity index (χ4v) is 2.71. The number of benzene rings is 1. The van der Waals surface area contributed by atoms with Gasteiger partial charge in [0.15, 0.2) is 0 Å². The zero-order valence-corrected chi connectivity index (χ0v) is 11.9. The topological polar surface area (TPSA) is 55.1 Å². The monoisotopic (exact) mass is 320 g/mol. The molecule has 0 fully saturated rings. The van der Waals surface area contributed by atoms with Gasteiger partial charge in [-0.05, 0) is 24.3 Å². The predicted octanol–water partition coefficient (Wildman–Crippen LogP) is 4.54. The summed E-state index contributed by atoms with van der Waals surface area (Å²) in [6.07, 6.45) is 0. The van der Waals surface area contributed by atoms with Crippen LogP contribution in [0.25, 0.3) is 0 Å². The first-order chi connectivity index (χ1) is 8.47. The average molecular weight is 322 g/mol. The van der Waals surface area contributed by atoms with Gasteiger partial charge in [0.1, 0.15) is 0 Å². The van der Waals surface area contributed by atoms with Crippen LogP contribution in [0.4, 0.5) is 11.4 Å². The second-order valence-corrected chi connectivity index (χ2v) is 5.94. The molecule has 0 unspecified atom stereocenters. The predicted molar refractivity (Wildman–Crippen MR) is 78.2 cm³/mol. The summed E-state index contributed by atoms with van der Waals surface area (Å²) in [5.74, 6) is -0.274. The van der Waals surface area contributed by atoms with Crippen LogP contribution < -0.4 is 11.1 Å². The normalized spacial score (nSPS) is 10.4. The smallest absolute Gasteiger partial charge is 0.265 e. The SMILES string of the molecule is Nc1c(Cl)cc(NC(=O)c2ccc(Cl)s2)cc1Cl. The molecule has 1 aromatic carbocycles. The van der Waals surface area contributed by atoms with Crippen LogP contribution in [0.1, 0.15) is 9.67 Å². The van der Waals surface area contributed by atoms with Crippen molar-refractivity contribution in [2.45, 2.75) is 0 Å². The Labute approximate surface area is 122 Å². The van der Waals surface area contributed by atoms with Gasteiger partial charge in [0.05, 0.1) is 24.9 Å². The first-order valence-corrected chi connectivity index (χ1v) is 6.73. The minimum Gasteiger partial charge on any atom is -0.396 e. The molecule has 0 aliphatic rings. The molecule has 94 valence electrons. The summed E-state index contributed by atoms with van der Waals surface area (Å²) in [6, 6.07) is 6.37. The molecule has 2 aromatic rings. The van der Waals surface area contributed by atoms with E-state index >= 15 is 0 Å². The van der Waals surface area contributed by atoms with Gasteiger partial charge in [-0.1, -0.05) is 34.8 Å². The van der Waals surface area contributed by atoms with Crippen molar-refractivity contribution in [2.75, 3.05) is 11.1 Å². The van der Waals surface area contributed by atoms with Gasteiger partial charge in [-0.2, -0.15) is 0 Å². The number of rotatable bonds is 2. The number of thiophene rings is 1. The van der Waals surface area contributed by atoms with Crippen molar-refractivity contribution in [1.29, 1.82) is 0 Å². The molecule has 3 nitrogen and oxygen atoms in total. The molecule has 0 bridgehead atoms. The Hall–Kier alpha value is -0.940. The second-order valence-electron chi connectivity index (χ2n) is 3.41. The Morgan fingerprint density at radius 2 is 1.78 bits per heavy atom. The Morgan fingerprint density at radius 1 is 1.17 bits per heavy atom. The highest BCUT2D eigenvalue weighted by Gasteiger charge is 2.11. The summed E-state index contributed by atoms with van der Waals surface area (Å²) in [5.41, 5.74) is 6.37. The minimum atomic E-state index is -0.274. The van der Waals surface area contributed by atoms with Crippen molar-refractivity contribution in [3.05, 3.63) is 43.5 Å². The van der Waals surface area contributed by atoms with Crippen LogP contribution in [0.2, 0.25) is 14.4 Å². The zero-order chi connectivity index (χ0) is 13.3. The van der Waals surface area contributed by atoms with Crippen molar-refractivity contribution in [1.82, 2.24) is 0 Å². The quantitative estimate of drug-likeness (QED) is 0.798. The summed E-state index contributed by atoms with van der Waals surface area (Å²) < 4.78 is 0.550. The Bertz CT molecular complexity index is 589. The van der Waals surface area contributed by atoms with E-state index in [-0.39, 0.29) is 11.6 Å². The van der Waals surface area contributed by atoms with Gasteiger partial charge >= 0.3 is 0 Å². The zero-order valence-electron chi connectivity index (χ0n) is 8.84. The molecule has 0 aliphatic carbocycles. The van der Waals surface area contributed by atoms with Crippen molar-refractivity contribution in [3.63, 3.8) is 0 Å². The summed E-state index contributed by atoms with van der Waals surface area (Å²) >= 11 is 18.7. The molecule has 7 heteroatoms. The van der Waals surface area contributed by atoms with E-state index in [4.69, 9.17) is 40.5 Å². The maximum absolute atomic E-state index is 11.9. The highest BCUT2D eigenvalue weighted by Crippen LogP contribution is 2.31. The second kappa shape index (κ2) is 5.36. The van der Waals surface area contributed by atoms with E-state index in [1.54, 1.807) is 12.1 Å². The fourth-order valence-electron chi connectivity index (χ4n) is 1.29. The van der Waals surface area contributed by atoms with Gasteiger partial charge < -0.3 is 11.1 Å². The van der Waals surface area contributed by atoms with Gasteiger partial charge in [-0.25, -0.2) is 0 Å². The highest BCUT2D eigenvalue weighted by atomic mass is 35.5. The van der Waals surface area contributed by atoms with E-state index in [0.717, 1.165) is 0 Å². The minimum absolute atomic E-state index is 0.274. The van der Waals surface area contributed by atoms with Crippen molar-refractivity contribution >= 4 is 63.4 Å². The van der Waals surface area contributed by atoms with Crippen molar-refractivity contribution in [2.24, 2.45) is 0 Å². The van der Waals surface area contributed by atoms with E-state index in [1.165, 1.54) is 23.5 Å². The fraction of sp³-hybridized carbons (Fsp3) is 0. The molecular weight excluding hydrogens is 315 g/mol. The number of carbonyl (C=O) groups excluding carboxylic acids is 1. The lowest BCUT2D eigenvalue weighted by molar-refractivity contribution is 0.103. The standard InChI is InChI=1S/C11H7Cl3N2OS/c12-6-3-5(4-7(13)10(6)15)16-11(17)8-1-2-9(14)18-8/h1-4H,15H2,(H,16,17). The van der Waals surface area contributed by atoms with E-state index in [2.05, 4.69) is 5.32 Å². The van der Waals surface area contributed by atoms with Gasteiger partial charge in [-0.15, -0.1) is 11.3 Å². The lowest BCUT2D eigenvalue weighted by Gasteiger charge is -2.07. The van der Waals surface area contributed by atoms with Gasteiger partial charge in [0.25, 0.3) is 5.91 Å². The van der Waals surface area contributed by atoms with Crippen LogP contribution in [-0.2, 0) is 0 Å². The number of nitrogens with one attached hydrogen (secondary N) is 1. The molecular formula is C11H7Cl3N2OS. The van der Waals surface area contributed by atoms with Crippen LogP contribution in [0, 0.1) is 0 Å². The molecule has 1 heterocycles. The first-order valence-electron chi connectivity index (χ1n) is 4.78. The Balaban J connectivity index is 2.22. The summed E-state index contributed by atoms with van der Waals surface area (Å²) in [4.78, 5) is 12.4. The Morgan fingerprint density at radius 3 is 2.28 bits per heavy atom. The molecule has 1 amide bonds.